The zero-order valence-electron chi connectivity index (χ0n) is 14.4. The highest BCUT2D eigenvalue weighted by Crippen LogP contribution is 2.15. The van der Waals surface area contributed by atoms with E-state index in [0.717, 1.165) is 5.56 Å². The van der Waals surface area contributed by atoms with Gasteiger partial charge in [0.2, 0.25) is 11.8 Å². The van der Waals surface area contributed by atoms with Crippen LogP contribution in [0.4, 0.5) is 13.2 Å². The molecule has 1 aromatic rings. The molecule has 5 nitrogen and oxygen atoms in total. The maximum Gasteiger partial charge on any atom is 0.411 e. The predicted octanol–water partition coefficient (Wildman–Crippen LogP) is 2.54. The first-order chi connectivity index (χ1) is 11.6. The molecule has 0 bridgehead atoms. The van der Waals surface area contributed by atoms with Gasteiger partial charge >= 0.3 is 6.18 Å². The SMILES string of the molecule is CC(=O)NC(C(=O)NCc1ccc(COCC(F)(F)F)cc1)C(C)C. The van der Waals surface area contributed by atoms with Gasteiger partial charge in [-0.25, -0.2) is 0 Å². The molecule has 0 saturated carbocycles. The lowest BCUT2D eigenvalue weighted by molar-refractivity contribution is -0.176. The van der Waals surface area contributed by atoms with Crippen molar-refractivity contribution in [2.75, 3.05) is 6.61 Å². The molecule has 8 heteroatoms. The zero-order valence-corrected chi connectivity index (χ0v) is 14.4. The minimum absolute atomic E-state index is 0.0583. The summed E-state index contributed by atoms with van der Waals surface area (Å²) in [7, 11) is 0. The molecule has 0 spiro atoms. The first-order valence-corrected chi connectivity index (χ1v) is 7.85. The summed E-state index contributed by atoms with van der Waals surface area (Å²) in [5.41, 5.74) is 1.40. The van der Waals surface area contributed by atoms with E-state index in [1.165, 1.54) is 6.92 Å². The number of rotatable bonds is 8. The van der Waals surface area contributed by atoms with Crippen LogP contribution in [-0.2, 0) is 27.5 Å². The number of hydrogen-bond donors (Lipinski definition) is 2. The fraction of sp³-hybridized carbons (Fsp3) is 0.529. The zero-order chi connectivity index (χ0) is 19.0. The number of hydrogen-bond acceptors (Lipinski definition) is 3. The molecule has 0 fully saturated rings. The molecule has 2 amide bonds. The van der Waals surface area contributed by atoms with Crippen LogP contribution in [0.5, 0.6) is 0 Å². The third-order valence-corrected chi connectivity index (χ3v) is 3.33. The smallest absolute Gasteiger partial charge is 0.367 e. The van der Waals surface area contributed by atoms with Gasteiger partial charge in [-0.1, -0.05) is 38.1 Å². The van der Waals surface area contributed by atoms with Crippen LogP contribution in [0, 0.1) is 5.92 Å². The molecular weight excluding hydrogens is 337 g/mol. The summed E-state index contributed by atoms with van der Waals surface area (Å²) < 4.78 is 40.6. The minimum Gasteiger partial charge on any atom is -0.367 e. The number of carbonyl (C=O) groups excluding carboxylic acids is 2. The molecule has 25 heavy (non-hydrogen) atoms. The van der Waals surface area contributed by atoms with Crippen molar-refractivity contribution < 1.29 is 27.5 Å². The van der Waals surface area contributed by atoms with Crippen LogP contribution in [0.3, 0.4) is 0 Å². The van der Waals surface area contributed by atoms with Crippen molar-refractivity contribution >= 4 is 11.8 Å². The second-order valence-corrected chi connectivity index (χ2v) is 6.06. The van der Waals surface area contributed by atoms with E-state index in [9.17, 15) is 22.8 Å². The third kappa shape index (κ3) is 8.53. The predicted molar refractivity (Wildman–Crippen MR) is 86.4 cm³/mol. The first-order valence-electron chi connectivity index (χ1n) is 7.85. The highest BCUT2D eigenvalue weighted by atomic mass is 19.4. The molecule has 1 aromatic carbocycles. The van der Waals surface area contributed by atoms with Crippen molar-refractivity contribution in [1.82, 2.24) is 10.6 Å². The van der Waals surface area contributed by atoms with Crippen LogP contribution in [0.25, 0.3) is 0 Å². The Bertz CT molecular complexity index is 571. The molecule has 0 aliphatic rings. The molecule has 0 aliphatic heterocycles. The summed E-state index contributed by atoms with van der Waals surface area (Å²) in [6.07, 6.45) is -4.34. The number of benzene rings is 1. The maximum absolute atomic E-state index is 12.1. The molecule has 0 aliphatic carbocycles. The fourth-order valence-corrected chi connectivity index (χ4v) is 2.09. The maximum atomic E-state index is 12.1. The lowest BCUT2D eigenvalue weighted by atomic mass is 10.0. The summed E-state index contributed by atoms with van der Waals surface area (Å²) in [5, 5.41) is 5.33. The van der Waals surface area contributed by atoms with Crippen LogP contribution in [-0.4, -0.2) is 30.6 Å². The van der Waals surface area contributed by atoms with Gasteiger partial charge in [0, 0.05) is 13.5 Å². The Kier molecular flexibility index (Phi) is 7.89. The molecule has 0 saturated heterocycles. The van der Waals surface area contributed by atoms with E-state index in [1.54, 1.807) is 24.3 Å². The summed E-state index contributed by atoms with van der Waals surface area (Å²) in [6, 6.07) is 6.08. The number of ether oxygens (including phenoxy) is 1. The number of amides is 2. The Labute approximate surface area is 144 Å². The Morgan fingerprint density at radius 3 is 2.16 bits per heavy atom. The first kappa shape index (κ1) is 21.0. The molecule has 0 aromatic heterocycles. The number of halogens is 3. The molecular formula is C17H23F3N2O3. The van der Waals surface area contributed by atoms with E-state index in [2.05, 4.69) is 15.4 Å². The van der Waals surface area contributed by atoms with E-state index >= 15 is 0 Å². The summed E-state index contributed by atoms with van der Waals surface area (Å²) >= 11 is 0. The number of nitrogens with one attached hydrogen (secondary N) is 2. The van der Waals surface area contributed by atoms with Crippen LogP contribution in [0.2, 0.25) is 0 Å². The molecule has 140 valence electrons. The highest BCUT2D eigenvalue weighted by molar-refractivity contribution is 5.86. The Morgan fingerprint density at radius 1 is 1.12 bits per heavy atom. The van der Waals surface area contributed by atoms with Crippen molar-refractivity contribution in [3.8, 4) is 0 Å². The molecule has 1 rings (SSSR count). The lowest BCUT2D eigenvalue weighted by Gasteiger charge is -2.21. The van der Waals surface area contributed by atoms with E-state index in [4.69, 9.17) is 0 Å². The van der Waals surface area contributed by atoms with Gasteiger partial charge in [0.25, 0.3) is 0 Å². The van der Waals surface area contributed by atoms with Crippen LogP contribution in [0.1, 0.15) is 31.9 Å². The average Bonchev–Trinajstić information content (AvgIpc) is 2.50. The van der Waals surface area contributed by atoms with E-state index in [-0.39, 0.29) is 30.9 Å². The van der Waals surface area contributed by atoms with Crippen molar-refractivity contribution in [2.45, 2.75) is 46.1 Å². The van der Waals surface area contributed by atoms with Gasteiger partial charge in [-0.05, 0) is 17.0 Å². The highest BCUT2D eigenvalue weighted by Gasteiger charge is 2.27. The van der Waals surface area contributed by atoms with Gasteiger partial charge < -0.3 is 15.4 Å². The third-order valence-electron chi connectivity index (χ3n) is 3.33. The van der Waals surface area contributed by atoms with E-state index in [1.807, 2.05) is 13.8 Å². The van der Waals surface area contributed by atoms with Crippen LogP contribution >= 0.6 is 0 Å². The fourth-order valence-electron chi connectivity index (χ4n) is 2.09. The normalized spacial score (nSPS) is 12.8. The van der Waals surface area contributed by atoms with Gasteiger partial charge in [0.15, 0.2) is 0 Å². The largest absolute Gasteiger partial charge is 0.411 e. The Balaban J connectivity index is 2.49. The molecule has 2 N–H and O–H groups in total. The average molecular weight is 360 g/mol. The summed E-state index contributed by atoms with van der Waals surface area (Å²) in [4.78, 5) is 23.3. The van der Waals surface area contributed by atoms with Gasteiger partial charge in [-0.15, -0.1) is 0 Å². The minimum atomic E-state index is -4.34. The van der Waals surface area contributed by atoms with Crippen molar-refractivity contribution in [1.29, 1.82) is 0 Å². The van der Waals surface area contributed by atoms with Crippen molar-refractivity contribution in [3.63, 3.8) is 0 Å². The lowest BCUT2D eigenvalue weighted by Crippen LogP contribution is -2.48. The topological polar surface area (TPSA) is 67.4 Å². The Hall–Kier alpha value is -2.09. The van der Waals surface area contributed by atoms with Crippen LogP contribution < -0.4 is 10.6 Å². The Morgan fingerprint density at radius 2 is 1.68 bits per heavy atom. The van der Waals surface area contributed by atoms with Crippen LogP contribution in [0.15, 0.2) is 24.3 Å². The second kappa shape index (κ2) is 9.41. The summed E-state index contributed by atoms with van der Waals surface area (Å²) in [5.74, 6) is -0.628. The van der Waals surface area contributed by atoms with Crippen molar-refractivity contribution in [3.05, 3.63) is 35.4 Å². The van der Waals surface area contributed by atoms with E-state index < -0.39 is 18.8 Å². The van der Waals surface area contributed by atoms with Gasteiger partial charge in [0.1, 0.15) is 12.6 Å². The van der Waals surface area contributed by atoms with Gasteiger partial charge in [-0.2, -0.15) is 13.2 Å². The molecule has 0 radical (unpaired) electrons. The molecule has 1 unspecified atom stereocenters. The standard InChI is InChI=1S/C17H23F3N2O3/c1-11(2)15(22-12(3)23)16(24)21-8-13-4-6-14(7-5-13)9-25-10-17(18,19)20/h4-7,11,15H,8-10H2,1-3H3,(H,21,24)(H,22,23). The van der Waals surface area contributed by atoms with E-state index in [0.29, 0.717) is 5.56 Å². The summed E-state index contributed by atoms with van der Waals surface area (Å²) in [6.45, 7) is 3.84. The second-order valence-electron chi connectivity index (χ2n) is 6.06. The number of carbonyl (C=O) groups is 2. The molecule has 0 heterocycles. The monoisotopic (exact) mass is 360 g/mol. The van der Waals surface area contributed by atoms with Crippen molar-refractivity contribution in [2.24, 2.45) is 5.92 Å². The van der Waals surface area contributed by atoms with Gasteiger partial charge in [-0.3, -0.25) is 9.59 Å². The number of alkyl halides is 3. The van der Waals surface area contributed by atoms with Gasteiger partial charge in [0.05, 0.1) is 6.61 Å². The molecule has 1 atom stereocenters. The quantitative estimate of drug-likeness (QED) is 0.749.